The summed E-state index contributed by atoms with van der Waals surface area (Å²) in [7, 11) is 4.85. The first-order chi connectivity index (χ1) is 46.2. The lowest BCUT2D eigenvalue weighted by Crippen LogP contribution is -2.15. The average molecular weight is 1330 g/mol. The Labute approximate surface area is 550 Å². The number of alkyl halides is 6. The molecule has 0 radical (unpaired) electrons. The van der Waals surface area contributed by atoms with E-state index in [0.29, 0.717) is 103 Å². The Hall–Kier alpha value is -8.87. The second-order valence-corrected chi connectivity index (χ2v) is 23.7. The van der Waals surface area contributed by atoms with Gasteiger partial charge in [0.15, 0.2) is 0 Å². The van der Waals surface area contributed by atoms with Crippen molar-refractivity contribution in [3.63, 3.8) is 0 Å². The summed E-state index contributed by atoms with van der Waals surface area (Å²) >= 11 is 0. The number of hydrogen-bond acceptors (Lipinski definition) is 15. The molecule has 3 atom stereocenters. The molecule has 9 aromatic rings. The summed E-state index contributed by atoms with van der Waals surface area (Å²) in [5, 5.41) is 11.7. The summed E-state index contributed by atoms with van der Waals surface area (Å²) in [5.41, 5.74) is 5.04. The van der Waals surface area contributed by atoms with Crippen LogP contribution in [0.2, 0.25) is 0 Å². The summed E-state index contributed by atoms with van der Waals surface area (Å²) in [4.78, 5) is 27.2. The minimum atomic E-state index is -2.88. The van der Waals surface area contributed by atoms with Crippen molar-refractivity contribution in [3.05, 3.63) is 182 Å². The largest absolute Gasteiger partial charge is 0.496 e. The summed E-state index contributed by atoms with van der Waals surface area (Å²) in [6.45, 7) is 14.5. The Morgan fingerprint density at radius 1 is 0.427 bits per heavy atom. The molecule has 0 aliphatic carbocycles. The van der Waals surface area contributed by atoms with Gasteiger partial charge in [0.1, 0.15) is 69.6 Å². The number of methoxy groups -OCH3 is 3. The van der Waals surface area contributed by atoms with Gasteiger partial charge in [-0.15, -0.1) is 0 Å². The van der Waals surface area contributed by atoms with Gasteiger partial charge in [0.2, 0.25) is 0 Å². The van der Waals surface area contributed by atoms with E-state index in [1.807, 2.05) is 42.5 Å². The van der Waals surface area contributed by atoms with Gasteiger partial charge >= 0.3 is 0 Å². The van der Waals surface area contributed by atoms with Gasteiger partial charge in [-0.05, 0) is 139 Å². The minimum Gasteiger partial charge on any atom is -0.496 e. The molecular weight excluding hydrogens is 1260 g/mol. The highest BCUT2D eigenvalue weighted by Crippen LogP contribution is 2.42. The Morgan fingerprint density at radius 2 is 0.760 bits per heavy atom. The fraction of sp³-hybridized carbons (Fsp3) is 0.389. The highest BCUT2D eigenvalue weighted by Gasteiger charge is 2.28. The fourth-order valence-corrected chi connectivity index (χ4v) is 12.4. The van der Waals surface area contributed by atoms with Crippen LogP contribution in [0.5, 0.6) is 17.2 Å². The van der Waals surface area contributed by atoms with Gasteiger partial charge in [-0.3, -0.25) is 0 Å². The Kier molecular flexibility index (Phi) is 22.8. The number of nitrogens with one attached hydrogen (secondary N) is 3. The molecule has 24 heteroatoms. The van der Waals surface area contributed by atoms with Gasteiger partial charge in [0.05, 0.1) is 85.9 Å². The summed E-state index contributed by atoms with van der Waals surface area (Å²) in [6.07, 6.45) is -2.20. The summed E-state index contributed by atoms with van der Waals surface area (Å²) in [5.74, 6) is 3.17. The van der Waals surface area contributed by atoms with Crippen LogP contribution >= 0.6 is 0 Å². The monoisotopic (exact) mass is 1330 g/mol. The van der Waals surface area contributed by atoms with Crippen LogP contribution in [0.1, 0.15) is 170 Å². The van der Waals surface area contributed by atoms with E-state index in [1.54, 1.807) is 62.9 Å². The van der Waals surface area contributed by atoms with Crippen molar-refractivity contribution in [1.29, 1.82) is 0 Å². The van der Waals surface area contributed by atoms with Gasteiger partial charge in [-0.2, -0.15) is 0 Å². The van der Waals surface area contributed by atoms with E-state index in [-0.39, 0.29) is 16.7 Å². The SMILES string of the molecule is COc1cc2c(N[C@H](C)c3cccc(C(F)F)c3F)nc(C)nc2cc1C1=CCOCC1.COc1cc2c(N[C@H](C)c3cccc(C(F)F)c3F)nc(C)nc2cc1C1CCOCC1.COc1cc2c(N[C@H](C)c3cccc(C(F)F)c3F)nc(C)nc2cc1C1CCOCC1. The third-order valence-electron chi connectivity index (χ3n) is 17.4. The predicted molar refractivity (Wildman–Crippen MR) is 352 cm³/mol. The van der Waals surface area contributed by atoms with E-state index in [4.69, 9.17) is 28.4 Å². The van der Waals surface area contributed by atoms with E-state index in [0.717, 1.165) is 106 Å². The molecule has 0 bridgehead atoms. The molecule has 3 aliphatic heterocycles. The van der Waals surface area contributed by atoms with Crippen molar-refractivity contribution < 1.29 is 67.9 Å². The van der Waals surface area contributed by atoms with Crippen LogP contribution < -0.4 is 30.2 Å². The van der Waals surface area contributed by atoms with Gasteiger partial charge in [-0.25, -0.2) is 69.4 Å². The second-order valence-electron chi connectivity index (χ2n) is 23.7. The van der Waals surface area contributed by atoms with E-state index < -0.39 is 71.5 Å². The molecule has 0 amide bonds. The van der Waals surface area contributed by atoms with E-state index in [2.05, 4.69) is 45.9 Å². The van der Waals surface area contributed by atoms with Crippen molar-refractivity contribution in [3.8, 4) is 17.2 Å². The van der Waals surface area contributed by atoms with Gasteiger partial charge in [0.25, 0.3) is 19.3 Å². The van der Waals surface area contributed by atoms with Gasteiger partial charge in [0, 0.05) is 64.8 Å². The first kappa shape index (κ1) is 69.9. The van der Waals surface area contributed by atoms with Crippen molar-refractivity contribution >= 4 is 55.7 Å². The molecule has 508 valence electrons. The van der Waals surface area contributed by atoms with Crippen LogP contribution in [-0.2, 0) is 14.2 Å². The lowest BCUT2D eigenvalue weighted by Gasteiger charge is -2.25. The van der Waals surface area contributed by atoms with Crippen molar-refractivity contribution in [1.82, 2.24) is 29.9 Å². The summed E-state index contributed by atoms with van der Waals surface area (Å²) < 4.78 is 156. The van der Waals surface area contributed by atoms with Crippen LogP contribution in [0.25, 0.3) is 38.3 Å². The van der Waals surface area contributed by atoms with Crippen LogP contribution in [0.4, 0.5) is 57.0 Å². The number of aryl methyl sites for hydroxylation is 3. The minimum absolute atomic E-state index is 0.142. The number of rotatable bonds is 18. The Morgan fingerprint density at radius 3 is 1.08 bits per heavy atom. The van der Waals surface area contributed by atoms with E-state index in [9.17, 15) is 39.5 Å². The number of fused-ring (bicyclic) bond motifs is 3. The second kappa shape index (κ2) is 31.3. The normalized spacial score (nSPS) is 15.6. The van der Waals surface area contributed by atoms with E-state index >= 15 is 0 Å². The highest BCUT2D eigenvalue weighted by atomic mass is 19.3. The highest BCUT2D eigenvalue weighted by molar-refractivity contribution is 5.95. The molecule has 3 N–H and O–H groups in total. The van der Waals surface area contributed by atoms with Crippen LogP contribution in [0.3, 0.4) is 0 Å². The van der Waals surface area contributed by atoms with E-state index in [1.165, 1.54) is 36.4 Å². The van der Waals surface area contributed by atoms with Crippen molar-refractivity contribution in [2.75, 3.05) is 76.9 Å². The zero-order valence-electron chi connectivity index (χ0n) is 54.7. The molecule has 2 saturated heterocycles. The fourth-order valence-electron chi connectivity index (χ4n) is 12.4. The molecule has 2 fully saturated rings. The topological polar surface area (TPSA) is 169 Å². The molecule has 0 unspecified atom stereocenters. The third-order valence-corrected chi connectivity index (χ3v) is 17.4. The smallest absolute Gasteiger partial charge is 0.266 e. The third kappa shape index (κ3) is 15.8. The molecule has 3 aromatic heterocycles. The average Bonchev–Trinajstić information content (AvgIpc) is 0.802. The van der Waals surface area contributed by atoms with Crippen LogP contribution in [-0.4, -0.2) is 90.9 Å². The molecule has 0 saturated carbocycles. The van der Waals surface area contributed by atoms with Gasteiger partial charge < -0.3 is 44.4 Å². The standard InChI is InChI=1S/2C24H26F3N3O2.C24H24F3N3O2/c3*1-13(16-5-4-6-17(22(16)25)23(26)27)28-24-19-12-21(31-3)18(15-7-9-32-10-8-15)11-20(19)29-14(2)30-24/h2*4-6,11-13,15,23H,7-10H2,1-3H3,(H,28,29,30);4-7,11-13,23H,8-10H2,1-3H3,(H,28,29,30)/t3*13-/m111/s1. The number of halogens is 9. The number of anilines is 3. The number of benzene rings is 6. The lowest BCUT2D eigenvalue weighted by molar-refractivity contribution is 0.0847. The van der Waals surface area contributed by atoms with Gasteiger partial charge in [-0.1, -0.05) is 60.7 Å². The maximum atomic E-state index is 14.7. The molecule has 15 nitrogen and oxygen atoms in total. The quantitative estimate of drug-likeness (QED) is 0.0693. The molecule has 6 heterocycles. The zero-order valence-corrected chi connectivity index (χ0v) is 54.7. The van der Waals surface area contributed by atoms with Crippen LogP contribution in [0.15, 0.2) is 97.1 Å². The van der Waals surface area contributed by atoms with Crippen LogP contribution in [0, 0.1) is 38.2 Å². The maximum Gasteiger partial charge on any atom is 0.266 e. The molecule has 0 spiro atoms. The molecule has 12 rings (SSSR count). The zero-order chi connectivity index (χ0) is 68.5. The molecule has 96 heavy (non-hydrogen) atoms. The number of nitrogens with zero attached hydrogens (tertiary/aromatic N) is 6. The van der Waals surface area contributed by atoms with Crippen molar-refractivity contribution in [2.45, 2.75) is 123 Å². The first-order valence-electron chi connectivity index (χ1n) is 31.7. The number of hydrogen-bond donors (Lipinski definition) is 3. The Balaban J connectivity index is 0.000000157. The lowest BCUT2D eigenvalue weighted by atomic mass is 9.90. The molecular formula is C72H76F9N9O6. The molecule has 3 aliphatic rings. The predicted octanol–water partition coefficient (Wildman–Crippen LogP) is 18.2. The Bertz CT molecular complexity index is 4090. The summed E-state index contributed by atoms with van der Waals surface area (Å²) in [6, 6.07) is 21.9. The number of ether oxygens (including phenoxy) is 6. The molecule has 6 aromatic carbocycles. The first-order valence-corrected chi connectivity index (χ1v) is 31.7. The van der Waals surface area contributed by atoms with Crippen molar-refractivity contribution in [2.24, 2.45) is 0 Å². The number of aromatic nitrogens is 6. The maximum absolute atomic E-state index is 14.7.